The van der Waals surface area contributed by atoms with E-state index in [4.69, 9.17) is 9.47 Å². The molecule has 1 aromatic rings. The second-order valence-electron chi connectivity index (χ2n) is 5.77. The Bertz CT molecular complexity index is 660. The molecule has 0 aromatic heterocycles. The van der Waals surface area contributed by atoms with Gasteiger partial charge in [-0.3, -0.25) is 4.79 Å². The first-order valence-electron chi connectivity index (χ1n) is 6.84. The molecule has 2 aliphatic heterocycles. The molecule has 5 heteroatoms. The van der Waals surface area contributed by atoms with Gasteiger partial charge in [-0.2, -0.15) is 0 Å². The summed E-state index contributed by atoms with van der Waals surface area (Å²) < 4.78 is 10.6. The number of ether oxygens (including phenoxy) is 2. The van der Waals surface area contributed by atoms with Gasteiger partial charge in [-0.1, -0.05) is 12.1 Å². The molecule has 0 fully saturated rings. The molecule has 1 unspecified atom stereocenters. The molecule has 0 aliphatic carbocycles. The molecule has 3 rings (SSSR count). The SMILES string of the molecule is COc1cccc(C2CC(=O)NC3=C2C(=O)OC3(C)C)c1. The lowest BCUT2D eigenvalue weighted by Crippen LogP contribution is -2.38. The number of hydrogen-bond donors (Lipinski definition) is 1. The van der Waals surface area contributed by atoms with Gasteiger partial charge < -0.3 is 14.8 Å². The van der Waals surface area contributed by atoms with Gasteiger partial charge >= 0.3 is 5.97 Å². The summed E-state index contributed by atoms with van der Waals surface area (Å²) in [7, 11) is 1.59. The molecule has 2 aliphatic rings. The Morgan fingerprint density at radius 3 is 2.81 bits per heavy atom. The first-order valence-corrected chi connectivity index (χ1v) is 6.84. The van der Waals surface area contributed by atoms with Crippen LogP contribution in [-0.2, 0) is 14.3 Å². The Balaban J connectivity index is 2.11. The molecule has 0 bridgehead atoms. The van der Waals surface area contributed by atoms with Crippen molar-refractivity contribution in [1.29, 1.82) is 0 Å². The summed E-state index contributed by atoms with van der Waals surface area (Å²) in [6.07, 6.45) is 0.233. The Kier molecular flexibility index (Phi) is 3.01. The maximum absolute atomic E-state index is 12.2. The van der Waals surface area contributed by atoms with Gasteiger partial charge in [0, 0.05) is 12.3 Å². The van der Waals surface area contributed by atoms with Crippen LogP contribution in [-0.4, -0.2) is 24.6 Å². The molecule has 1 atom stereocenters. The van der Waals surface area contributed by atoms with Crippen LogP contribution < -0.4 is 10.1 Å². The van der Waals surface area contributed by atoms with E-state index in [1.807, 2.05) is 24.3 Å². The van der Waals surface area contributed by atoms with E-state index in [0.29, 0.717) is 17.0 Å². The fourth-order valence-electron chi connectivity index (χ4n) is 2.92. The molecule has 1 amide bonds. The minimum Gasteiger partial charge on any atom is -0.497 e. The van der Waals surface area contributed by atoms with Gasteiger partial charge in [-0.05, 0) is 31.5 Å². The largest absolute Gasteiger partial charge is 0.497 e. The minimum atomic E-state index is -0.792. The van der Waals surface area contributed by atoms with Crippen LogP contribution in [0.4, 0.5) is 0 Å². The number of carbonyl (C=O) groups excluding carboxylic acids is 2. The Morgan fingerprint density at radius 2 is 2.10 bits per heavy atom. The van der Waals surface area contributed by atoms with Crippen molar-refractivity contribution in [2.75, 3.05) is 7.11 Å². The molecular formula is C16H17NO4. The standard InChI is InChI=1S/C16H17NO4/c1-16(2)14-13(15(19)21-16)11(8-12(18)17-14)9-5-4-6-10(7-9)20-3/h4-7,11H,8H2,1-3H3,(H,17,18). The molecule has 21 heavy (non-hydrogen) atoms. The van der Waals surface area contributed by atoms with E-state index in [2.05, 4.69) is 5.32 Å². The molecule has 0 spiro atoms. The van der Waals surface area contributed by atoms with E-state index >= 15 is 0 Å². The van der Waals surface area contributed by atoms with Gasteiger partial charge in [-0.25, -0.2) is 4.79 Å². The van der Waals surface area contributed by atoms with E-state index < -0.39 is 5.60 Å². The summed E-state index contributed by atoms with van der Waals surface area (Å²) >= 11 is 0. The van der Waals surface area contributed by atoms with Crippen LogP contribution in [0, 0.1) is 0 Å². The monoisotopic (exact) mass is 287 g/mol. The second kappa shape index (κ2) is 4.62. The third-order valence-corrected chi connectivity index (χ3v) is 3.94. The van der Waals surface area contributed by atoms with Crippen LogP contribution in [0.25, 0.3) is 0 Å². The van der Waals surface area contributed by atoms with Gasteiger partial charge in [0.05, 0.1) is 18.4 Å². The number of esters is 1. The Labute approximate surface area is 122 Å². The van der Waals surface area contributed by atoms with E-state index in [9.17, 15) is 9.59 Å². The summed E-state index contributed by atoms with van der Waals surface area (Å²) in [6.45, 7) is 3.56. The third-order valence-electron chi connectivity index (χ3n) is 3.94. The summed E-state index contributed by atoms with van der Waals surface area (Å²) in [4.78, 5) is 24.2. The molecule has 0 saturated carbocycles. The first kappa shape index (κ1) is 13.7. The summed E-state index contributed by atoms with van der Waals surface area (Å²) in [5, 5.41) is 2.79. The number of nitrogens with one attached hydrogen (secondary N) is 1. The van der Waals surface area contributed by atoms with Crippen LogP contribution in [0.3, 0.4) is 0 Å². The minimum absolute atomic E-state index is 0.104. The number of carbonyl (C=O) groups is 2. The van der Waals surface area contributed by atoms with Gasteiger partial charge in [-0.15, -0.1) is 0 Å². The van der Waals surface area contributed by atoms with E-state index in [1.165, 1.54) is 0 Å². The Hall–Kier alpha value is -2.30. The van der Waals surface area contributed by atoms with Crippen molar-refractivity contribution in [3.05, 3.63) is 41.1 Å². The maximum atomic E-state index is 12.2. The summed E-state index contributed by atoms with van der Waals surface area (Å²) in [5.74, 6) is -0.0554. The summed E-state index contributed by atoms with van der Waals surface area (Å²) in [5.41, 5.74) is 1.22. The highest BCUT2D eigenvalue weighted by Crippen LogP contribution is 2.42. The van der Waals surface area contributed by atoms with Crippen molar-refractivity contribution >= 4 is 11.9 Å². The Morgan fingerprint density at radius 1 is 1.33 bits per heavy atom. The van der Waals surface area contributed by atoms with Crippen molar-refractivity contribution in [1.82, 2.24) is 5.32 Å². The topological polar surface area (TPSA) is 64.6 Å². The zero-order valence-corrected chi connectivity index (χ0v) is 12.2. The van der Waals surface area contributed by atoms with Crippen molar-refractivity contribution in [3.63, 3.8) is 0 Å². The van der Waals surface area contributed by atoms with Crippen molar-refractivity contribution in [3.8, 4) is 5.75 Å². The zero-order chi connectivity index (χ0) is 15.2. The fourth-order valence-corrected chi connectivity index (χ4v) is 2.92. The lowest BCUT2D eigenvalue weighted by molar-refractivity contribution is -0.144. The number of benzene rings is 1. The second-order valence-corrected chi connectivity index (χ2v) is 5.77. The highest BCUT2D eigenvalue weighted by Gasteiger charge is 2.47. The quantitative estimate of drug-likeness (QED) is 0.844. The predicted molar refractivity (Wildman–Crippen MR) is 75.7 cm³/mol. The number of amides is 1. The lowest BCUT2D eigenvalue weighted by atomic mass is 9.83. The van der Waals surface area contributed by atoms with E-state index in [1.54, 1.807) is 21.0 Å². The van der Waals surface area contributed by atoms with Crippen molar-refractivity contribution in [2.45, 2.75) is 31.8 Å². The van der Waals surface area contributed by atoms with Crippen LogP contribution in [0.1, 0.15) is 31.7 Å². The molecule has 2 heterocycles. The van der Waals surface area contributed by atoms with Gasteiger partial charge in [0.15, 0.2) is 0 Å². The molecule has 0 radical (unpaired) electrons. The van der Waals surface area contributed by atoms with E-state index in [-0.39, 0.29) is 24.2 Å². The fraction of sp³-hybridized carbons (Fsp3) is 0.375. The zero-order valence-electron chi connectivity index (χ0n) is 12.2. The first-order chi connectivity index (χ1) is 9.92. The average molecular weight is 287 g/mol. The predicted octanol–water partition coefficient (Wildman–Crippen LogP) is 1.89. The summed E-state index contributed by atoms with van der Waals surface area (Å²) in [6, 6.07) is 7.44. The van der Waals surface area contributed by atoms with Crippen LogP contribution in [0.15, 0.2) is 35.5 Å². The lowest BCUT2D eigenvalue weighted by Gasteiger charge is -2.27. The van der Waals surface area contributed by atoms with Crippen molar-refractivity contribution < 1.29 is 19.1 Å². The van der Waals surface area contributed by atoms with Crippen LogP contribution >= 0.6 is 0 Å². The molecule has 5 nitrogen and oxygen atoms in total. The highest BCUT2D eigenvalue weighted by atomic mass is 16.6. The molecular weight excluding hydrogens is 270 g/mol. The van der Waals surface area contributed by atoms with Crippen LogP contribution in [0.2, 0.25) is 0 Å². The molecule has 0 saturated heterocycles. The maximum Gasteiger partial charge on any atom is 0.337 e. The highest BCUT2D eigenvalue weighted by molar-refractivity contribution is 5.99. The molecule has 110 valence electrons. The number of hydrogen-bond acceptors (Lipinski definition) is 4. The van der Waals surface area contributed by atoms with Crippen molar-refractivity contribution in [2.24, 2.45) is 0 Å². The number of rotatable bonds is 2. The smallest absolute Gasteiger partial charge is 0.337 e. The van der Waals surface area contributed by atoms with E-state index in [0.717, 1.165) is 5.56 Å². The number of methoxy groups -OCH3 is 1. The normalized spacial score (nSPS) is 23.5. The average Bonchev–Trinajstić information content (AvgIpc) is 2.68. The molecule has 1 aromatic carbocycles. The van der Waals surface area contributed by atoms with Gasteiger partial charge in [0.2, 0.25) is 5.91 Å². The molecule has 1 N–H and O–H groups in total. The third kappa shape index (κ3) is 2.18. The number of cyclic esters (lactones) is 1. The van der Waals surface area contributed by atoms with Gasteiger partial charge in [0.1, 0.15) is 11.4 Å². The van der Waals surface area contributed by atoms with Gasteiger partial charge in [0.25, 0.3) is 0 Å². The van der Waals surface area contributed by atoms with Crippen LogP contribution in [0.5, 0.6) is 5.75 Å².